The summed E-state index contributed by atoms with van der Waals surface area (Å²) < 4.78 is 0. The van der Waals surface area contributed by atoms with E-state index in [9.17, 15) is 19.2 Å². The van der Waals surface area contributed by atoms with E-state index in [1.807, 2.05) is 37.3 Å². The summed E-state index contributed by atoms with van der Waals surface area (Å²) in [5.74, 6) is -3.83. The highest BCUT2D eigenvalue weighted by Gasteiger charge is 2.15. The number of guanidine groups is 1. The second-order valence-corrected chi connectivity index (χ2v) is 10.2. The maximum atomic E-state index is 10.4. The molecule has 17 N–H and O–H groups in total. The first-order valence-corrected chi connectivity index (χ1v) is 15.0. The molecule has 0 aromatic heterocycles. The van der Waals surface area contributed by atoms with Crippen LogP contribution in [0, 0.1) is 5.41 Å². The number of aliphatic carboxylic acids is 4. The number of carbonyl (C=O) groups is 4. The highest BCUT2D eigenvalue weighted by Crippen LogP contribution is 2.10. The van der Waals surface area contributed by atoms with Gasteiger partial charge in [0.1, 0.15) is 29.9 Å². The third kappa shape index (κ3) is 25.4. The van der Waals surface area contributed by atoms with Gasteiger partial charge in [0.05, 0.1) is 0 Å². The molecule has 4 atom stereocenters. The van der Waals surface area contributed by atoms with Gasteiger partial charge in [0.2, 0.25) is 0 Å². The molecular formula is C31H51N7O10. The van der Waals surface area contributed by atoms with E-state index in [1.165, 1.54) is 12.1 Å². The van der Waals surface area contributed by atoms with Crippen molar-refractivity contribution in [2.75, 3.05) is 19.7 Å². The second kappa shape index (κ2) is 27.3. The topological polar surface area (TPSA) is 342 Å². The van der Waals surface area contributed by atoms with Gasteiger partial charge in [-0.05, 0) is 68.3 Å². The Balaban J connectivity index is 0. The van der Waals surface area contributed by atoms with Gasteiger partial charge in [-0.15, -0.1) is 0 Å². The number of hydrogen-bond acceptors (Lipinski definition) is 11. The van der Waals surface area contributed by atoms with Gasteiger partial charge in [-0.25, -0.2) is 0 Å². The summed E-state index contributed by atoms with van der Waals surface area (Å²) in [4.78, 5) is 41.4. The van der Waals surface area contributed by atoms with E-state index in [0.29, 0.717) is 32.4 Å². The van der Waals surface area contributed by atoms with Crippen LogP contribution in [0.25, 0.3) is 0 Å². The molecule has 48 heavy (non-hydrogen) atoms. The molecule has 2 aromatic rings. The van der Waals surface area contributed by atoms with Crippen molar-refractivity contribution in [1.82, 2.24) is 10.6 Å². The summed E-state index contributed by atoms with van der Waals surface area (Å²) in [5, 5.41) is 63.6. The Labute approximate surface area is 279 Å². The van der Waals surface area contributed by atoms with Crippen molar-refractivity contribution in [3.8, 4) is 5.75 Å². The first-order chi connectivity index (χ1) is 22.5. The van der Waals surface area contributed by atoms with Crippen LogP contribution in [0.15, 0.2) is 54.6 Å². The number of aromatic hydroxyl groups is 1. The van der Waals surface area contributed by atoms with Crippen molar-refractivity contribution in [2.24, 2.45) is 22.9 Å². The van der Waals surface area contributed by atoms with Crippen LogP contribution in [0.1, 0.15) is 43.7 Å². The predicted molar refractivity (Wildman–Crippen MR) is 179 cm³/mol. The minimum absolute atomic E-state index is 0.0896. The number of aliphatic hydroxyl groups is 1. The number of phenols is 1. The van der Waals surface area contributed by atoms with Gasteiger partial charge >= 0.3 is 23.9 Å². The first-order valence-electron chi connectivity index (χ1n) is 15.0. The van der Waals surface area contributed by atoms with Gasteiger partial charge < -0.3 is 64.2 Å². The van der Waals surface area contributed by atoms with Crippen molar-refractivity contribution in [3.05, 3.63) is 65.7 Å². The molecule has 0 fully saturated rings. The van der Waals surface area contributed by atoms with Gasteiger partial charge in [-0.1, -0.05) is 49.4 Å². The zero-order valence-electron chi connectivity index (χ0n) is 27.0. The maximum Gasteiger partial charge on any atom is 0.320 e. The zero-order chi connectivity index (χ0) is 37.1. The number of nitrogens with one attached hydrogen (secondary N) is 3. The van der Waals surface area contributed by atoms with Crippen LogP contribution >= 0.6 is 0 Å². The Bertz CT molecular complexity index is 1200. The molecule has 0 aliphatic heterocycles. The highest BCUT2D eigenvalue weighted by molar-refractivity contribution is 5.75. The predicted octanol–water partition coefficient (Wildman–Crippen LogP) is -0.529. The molecule has 2 rings (SSSR count). The van der Waals surface area contributed by atoms with Gasteiger partial charge in [-0.3, -0.25) is 24.6 Å². The van der Waals surface area contributed by atoms with Crippen molar-refractivity contribution < 1.29 is 49.8 Å². The average Bonchev–Trinajstić information content (AvgIpc) is 3.03. The van der Waals surface area contributed by atoms with Gasteiger partial charge in [0.15, 0.2) is 5.96 Å². The molecule has 4 unspecified atom stereocenters. The number of nitrogens with two attached hydrogens (primary N) is 4. The Morgan fingerprint density at radius 2 is 1.21 bits per heavy atom. The summed E-state index contributed by atoms with van der Waals surface area (Å²) >= 11 is 0. The van der Waals surface area contributed by atoms with E-state index in [4.69, 9.17) is 59.0 Å². The van der Waals surface area contributed by atoms with Crippen molar-refractivity contribution in [2.45, 2.75) is 69.6 Å². The van der Waals surface area contributed by atoms with Crippen LogP contribution in [-0.2, 0) is 32.0 Å². The first kappa shape index (κ1) is 45.3. The third-order valence-corrected chi connectivity index (χ3v) is 6.01. The fourth-order valence-electron chi connectivity index (χ4n) is 3.36. The van der Waals surface area contributed by atoms with E-state index < -0.39 is 48.0 Å². The van der Waals surface area contributed by atoms with Crippen LogP contribution < -0.4 is 33.6 Å². The molecule has 0 saturated carbocycles. The maximum absolute atomic E-state index is 10.4. The monoisotopic (exact) mass is 681 g/mol. The molecule has 0 radical (unpaired) electrons. The molecule has 17 nitrogen and oxygen atoms in total. The molecule has 0 saturated heterocycles. The summed E-state index contributed by atoms with van der Waals surface area (Å²) in [6.07, 6.45) is 2.80. The number of carboxylic acids is 4. The van der Waals surface area contributed by atoms with Crippen LogP contribution in [0.2, 0.25) is 0 Å². The molecule has 0 aliphatic carbocycles. The van der Waals surface area contributed by atoms with E-state index in [0.717, 1.165) is 17.5 Å². The minimum atomic E-state index is -1.02. The van der Waals surface area contributed by atoms with Crippen LogP contribution in [0.5, 0.6) is 5.75 Å². The van der Waals surface area contributed by atoms with Gasteiger partial charge in [0.25, 0.3) is 0 Å². The normalized spacial score (nSPS) is 12.4. The number of aliphatic hydroxyl groups excluding tert-OH is 1. The van der Waals surface area contributed by atoms with Gasteiger partial charge in [0, 0.05) is 13.2 Å². The van der Waals surface area contributed by atoms with Crippen LogP contribution in [0.4, 0.5) is 0 Å². The number of rotatable bonds is 17. The molecule has 0 aliphatic rings. The van der Waals surface area contributed by atoms with Gasteiger partial charge in [-0.2, -0.15) is 0 Å². The molecule has 0 heterocycles. The number of benzene rings is 2. The average molecular weight is 682 g/mol. The summed E-state index contributed by atoms with van der Waals surface area (Å²) in [7, 11) is 0. The molecular weight excluding hydrogens is 630 g/mol. The Kier molecular flexibility index (Phi) is 25.8. The van der Waals surface area contributed by atoms with E-state index in [-0.39, 0.29) is 31.2 Å². The fraction of sp³-hybridized carbons (Fsp3) is 0.452. The minimum Gasteiger partial charge on any atom is -0.508 e. The van der Waals surface area contributed by atoms with E-state index in [2.05, 4.69) is 10.6 Å². The molecule has 17 heteroatoms. The summed E-state index contributed by atoms with van der Waals surface area (Å²) in [6, 6.07) is 12.6. The molecule has 0 spiro atoms. The lowest BCUT2D eigenvalue weighted by molar-refractivity contribution is -0.140. The Morgan fingerprint density at radius 3 is 1.60 bits per heavy atom. The molecule has 0 amide bonds. The fourth-order valence-corrected chi connectivity index (χ4v) is 3.36. The number of phenolic OH excluding ortho intramolecular Hbond substituents is 1. The standard InChI is InChI=1S/C9H11NO3.C9H11NO2.C7H15NO3.C6H14N4O2/c10-8(9(12)13)5-6-1-3-7(11)4-2-6;10-8(9(11)12)6-7-4-2-1-3-5-7;1-2-4-8-6(3-5-9)7(10)11;7-4(5(11)12)2-1-3-10-6(8)9/h1-4,8,11H,5,10H2,(H,12,13);1-5,8H,6,10H2,(H,11,12);6,8-9H,2-5H2,1H3,(H,10,11);4H,1-3,7H2,(H,11,12)(H4,8,9,10). The van der Waals surface area contributed by atoms with Crippen LogP contribution in [0.3, 0.4) is 0 Å². The van der Waals surface area contributed by atoms with E-state index >= 15 is 0 Å². The lowest BCUT2D eigenvalue weighted by atomic mass is 10.1. The summed E-state index contributed by atoms with van der Waals surface area (Å²) in [5.41, 5.74) is 22.6. The quantitative estimate of drug-likeness (QED) is 0.0567. The third-order valence-electron chi connectivity index (χ3n) is 6.01. The lowest BCUT2D eigenvalue weighted by Gasteiger charge is -2.11. The number of carboxylic acid groups (broad SMARTS) is 4. The largest absolute Gasteiger partial charge is 0.508 e. The lowest BCUT2D eigenvalue weighted by Crippen LogP contribution is -2.37. The SMILES string of the molecule is CCCNC(CCO)C(=O)O.N=C(N)NCCCC(N)C(=O)O.NC(Cc1ccc(O)cc1)C(=O)O.NC(Cc1ccccc1)C(=O)O. The molecule has 2 aromatic carbocycles. The van der Waals surface area contributed by atoms with Crippen molar-refractivity contribution in [3.63, 3.8) is 0 Å². The summed E-state index contributed by atoms with van der Waals surface area (Å²) in [6.45, 7) is 3.03. The van der Waals surface area contributed by atoms with E-state index in [1.54, 1.807) is 12.1 Å². The Hall–Kier alpha value is -4.81. The smallest absolute Gasteiger partial charge is 0.320 e. The van der Waals surface area contributed by atoms with Crippen molar-refractivity contribution in [1.29, 1.82) is 5.41 Å². The highest BCUT2D eigenvalue weighted by atomic mass is 16.4. The van der Waals surface area contributed by atoms with Crippen LogP contribution in [-0.4, -0.2) is 104 Å². The van der Waals surface area contributed by atoms with Crippen molar-refractivity contribution >= 4 is 29.8 Å². The second-order valence-electron chi connectivity index (χ2n) is 10.2. The number of hydrogen-bond donors (Lipinski definition) is 13. The Morgan fingerprint density at radius 1 is 0.729 bits per heavy atom. The molecule has 270 valence electrons. The molecule has 0 bridgehead atoms. The zero-order valence-corrected chi connectivity index (χ0v) is 27.0.